The molecular formula is C41H53N7O5. The summed E-state index contributed by atoms with van der Waals surface area (Å²) in [6, 6.07) is 19.9. The van der Waals surface area contributed by atoms with E-state index in [9.17, 15) is 14.4 Å². The maximum atomic E-state index is 14.1. The summed E-state index contributed by atoms with van der Waals surface area (Å²) in [6.07, 6.45) is 2.51. The Hall–Kier alpha value is -5.49. The summed E-state index contributed by atoms with van der Waals surface area (Å²) in [7, 11) is 3.34. The van der Waals surface area contributed by atoms with Crippen LogP contribution in [0.3, 0.4) is 0 Å². The molecule has 0 fully saturated rings. The molecule has 3 aromatic carbocycles. The lowest BCUT2D eigenvalue weighted by atomic mass is 10.1. The topological polar surface area (TPSA) is 129 Å². The van der Waals surface area contributed by atoms with Crippen molar-refractivity contribution in [1.82, 2.24) is 25.1 Å². The van der Waals surface area contributed by atoms with Crippen LogP contribution in [-0.2, 0) is 11.2 Å². The van der Waals surface area contributed by atoms with Crippen LogP contribution in [-0.4, -0.2) is 84.1 Å². The minimum Gasteiger partial charge on any atom is -0.495 e. The minimum absolute atomic E-state index is 0.0262. The number of hydrogen-bond donors (Lipinski definition) is 2. The number of nitrogens with one attached hydrogen (secondary N) is 2. The Morgan fingerprint density at radius 1 is 0.906 bits per heavy atom. The second-order valence-electron chi connectivity index (χ2n) is 13.0. The molecule has 0 aliphatic rings. The fourth-order valence-electron chi connectivity index (χ4n) is 5.69. The Labute approximate surface area is 313 Å². The first kappa shape index (κ1) is 40.3. The van der Waals surface area contributed by atoms with Gasteiger partial charge in [0.25, 0.3) is 5.91 Å². The fraction of sp³-hybridized carbons (Fsp3) is 0.390. The number of likely N-dealkylation sites (N-methyl/N-ethyl adjacent to an activating group) is 2. The first-order valence-electron chi connectivity index (χ1n) is 18.2. The molecule has 0 bridgehead atoms. The molecule has 12 heteroatoms. The van der Waals surface area contributed by atoms with E-state index in [1.54, 1.807) is 47.5 Å². The van der Waals surface area contributed by atoms with Crippen molar-refractivity contribution in [2.45, 2.75) is 66.8 Å². The summed E-state index contributed by atoms with van der Waals surface area (Å²) >= 11 is 0. The van der Waals surface area contributed by atoms with Gasteiger partial charge in [-0.2, -0.15) is 4.98 Å². The average molecular weight is 724 g/mol. The second-order valence-corrected chi connectivity index (χ2v) is 13.0. The monoisotopic (exact) mass is 723 g/mol. The zero-order valence-electron chi connectivity index (χ0n) is 32.2. The molecule has 1 atom stereocenters. The molecule has 0 radical (unpaired) electrons. The van der Waals surface area contributed by atoms with Crippen LogP contribution in [0.1, 0.15) is 67.6 Å². The highest BCUT2D eigenvalue weighted by Gasteiger charge is 2.27. The Kier molecular flexibility index (Phi) is 14.7. The van der Waals surface area contributed by atoms with E-state index in [2.05, 4.69) is 34.4 Å². The maximum Gasteiger partial charge on any atom is 0.425 e. The van der Waals surface area contributed by atoms with Crippen molar-refractivity contribution < 1.29 is 23.9 Å². The van der Waals surface area contributed by atoms with Crippen molar-refractivity contribution in [3.63, 3.8) is 0 Å². The van der Waals surface area contributed by atoms with E-state index >= 15 is 0 Å². The van der Waals surface area contributed by atoms with Gasteiger partial charge in [0, 0.05) is 56.1 Å². The number of methoxy groups -OCH3 is 1. The number of ether oxygens (including phenoxy) is 2. The van der Waals surface area contributed by atoms with Gasteiger partial charge in [-0.1, -0.05) is 45.0 Å². The third-order valence-electron chi connectivity index (χ3n) is 9.18. The van der Waals surface area contributed by atoms with Crippen LogP contribution in [0.5, 0.6) is 11.5 Å². The first-order valence-corrected chi connectivity index (χ1v) is 18.2. The first-order chi connectivity index (χ1) is 25.5. The molecule has 53 heavy (non-hydrogen) atoms. The lowest BCUT2D eigenvalue weighted by Crippen LogP contribution is -2.36. The minimum atomic E-state index is -0.695. The van der Waals surface area contributed by atoms with Gasteiger partial charge in [0.05, 0.1) is 12.8 Å². The van der Waals surface area contributed by atoms with Gasteiger partial charge in [0.15, 0.2) is 0 Å². The predicted octanol–water partition coefficient (Wildman–Crippen LogP) is 7.44. The van der Waals surface area contributed by atoms with Gasteiger partial charge < -0.3 is 29.9 Å². The van der Waals surface area contributed by atoms with Gasteiger partial charge in [-0.05, 0) is 99.8 Å². The Bertz CT molecular complexity index is 1820. The van der Waals surface area contributed by atoms with E-state index in [4.69, 9.17) is 14.5 Å². The van der Waals surface area contributed by atoms with Crippen LogP contribution in [0, 0.1) is 13.8 Å². The van der Waals surface area contributed by atoms with E-state index in [0.29, 0.717) is 47.8 Å². The Morgan fingerprint density at radius 3 is 2.25 bits per heavy atom. The normalized spacial score (nSPS) is 11.5. The van der Waals surface area contributed by atoms with Gasteiger partial charge in [0.2, 0.25) is 11.9 Å². The SMILES string of the molecule is CCC(C)NC(=O)CCc1ccc(N(C(=O)Oc2c(C)cccc2C)c2ccnc(Nc3ccc(C(=O)N(C)CCN(CC)CC)cc3)n2)c(OC)c1. The van der Waals surface area contributed by atoms with Gasteiger partial charge >= 0.3 is 6.09 Å². The molecule has 1 unspecified atom stereocenters. The standard InChI is InChI=1S/C41H53N7O5/c1-9-30(6)43-37(49)22-16-31-15-21-34(35(27-31)52-8)48(41(51)53-38-28(4)13-12-14-29(38)5)36-23-24-42-40(45-36)44-33-19-17-32(18-20-33)39(50)46(7)25-26-47(10-2)11-3/h12-15,17-21,23-24,27,30H,9-11,16,22,25-26H2,1-8H3,(H,43,49)(H,42,44,45). The van der Waals surface area contributed by atoms with Crippen LogP contribution in [0.4, 0.5) is 27.9 Å². The molecular weight excluding hydrogens is 670 g/mol. The number of aromatic nitrogens is 2. The summed E-state index contributed by atoms with van der Waals surface area (Å²) < 4.78 is 11.8. The van der Waals surface area contributed by atoms with Gasteiger partial charge in [-0.25, -0.2) is 14.7 Å². The quantitative estimate of drug-likeness (QED) is 0.114. The summed E-state index contributed by atoms with van der Waals surface area (Å²) in [5.41, 5.74) is 4.11. The molecule has 2 N–H and O–H groups in total. The highest BCUT2D eigenvalue weighted by molar-refractivity contribution is 5.98. The van der Waals surface area contributed by atoms with Crippen molar-refractivity contribution >= 4 is 41.0 Å². The van der Waals surface area contributed by atoms with Gasteiger partial charge in [0.1, 0.15) is 17.3 Å². The number of nitrogens with zero attached hydrogens (tertiary/aromatic N) is 5. The lowest BCUT2D eigenvalue weighted by molar-refractivity contribution is -0.121. The van der Waals surface area contributed by atoms with Crippen molar-refractivity contribution in [3.8, 4) is 11.5 Å². The third kappa shape index (κ3) is 11.0. The average Bonchev–Trinajstić information content (AvgIpc) is 3.16. The van der Waals surface area contributed by atoms with Crippen molar-refractivity contribution in [2.24, 2.45) is 0 Å². The Balaban J connectivity index is 1.60. The van der Waals surface area contributed by atoms with Crippen LogP contribution < -0.4 is 25.0 Å². The van der Waals surface area contributed by atoms with Crippen molar-refractivity contribution in [1.29, 1.82) is 0 Å². The van der Waals surface area contributed by atoms with Gasteiger partial charge in [-0.15, -0.1) is 0 Å². The molecule has 0 spiro atoms. The lowest BCUT2D eigenvalue weighted by Gasteiger charge is -2.24. The third-order valence-corrected chi connectivity index (χ3v) is 9.18. The summed E-state index contributed by atoms with van der Waals surface area (Å²) in [6.45, 7) is 15.3. The van der Waals surface area contributed by atoms with E-state index < -0.39 is 6.09 Å². The zero-order valence-corrected chi connectivity index (χ0v) is 32.2. The summed E-state index contributed by atoms with van der Waals surface area (Å²) in [5.74, 6) is 1.23. The van der Waals surface area contributed by atoms with Crippen molar-refractivity contribution in [3.05, 3.63) is 95.2 Å². The zero-order chi connectivity index (χ0) is 38.5. The molecule has 4 aromatic rings. The second kappa shape index (κ2) is 19.4. The van der Waals surface area contributed by atoms with Crippen LogP contribution in [0.15, 0.2) is 72.9 Å². The van der Waals surface area contributed by atoms with Crippen LogP contribution in [0.25, 0.3) is 0 Å². The summed E-state index contributed by atoms with van der Waals surface area (Å²) in [5, 5.41) is 6.18. The molecule has 0 saturated carbocycles. The number of anilines is 4. The maximum absolute atomic E-state index is 14.1. The molecule has 1 heterocycles. The molecule has 0 aliphatic carbocycles. The van der Waals surface area contributed by atoms with E-state index in [1.807, 2.05) is 65.1 Å². The smallest absolute Gasteiger partial charge is 0.425 e. The molecule has 0 saturated heterocycles. The fourth-order valence-corrected chi connectivity index (χ4v) is 5.69. The van der Waals surface area contributed by atoms with Crippen LogP contribution in [0.2, 0.25) is 0 Å². The highest BCUT2D eigenvalue weighted by atomic mass is 16.6. The number of amides is 3. The largest absolute Gasteiger partial charge is 0.495 e. The number of para-hydroxylation sites is 1. The number of benzene rings is 3. The molecule has 282 valence electrons. The molecule has 0 aliphatic heterocycles. The molecule has 1 aromatic heterocycles. The summed E-state index contributed by atoms with van der Waals surface area (Å²) in [4.78, 5) is 54.1. The van der Waals surface area contributed by atoms with E-state index in [1.165, 1.54) is 12.0 Å². The number of hydrogen-bond acceptors (Lipinski definition) is 9. The number of aryl methyl sites for hydroxylation is 3. The van der Waals surface area contributed by atoms with E-state index in [-0.39, 0.29) is 29.6 Å². The number of rotatable bonds is 17. The number of carbonyl (C=O) groups is 3. The van der Waals surface area contributed by atoms with E-state index in [0.717, 1.165) is 42.7 Å². The van der Waals surface area contributed by atoms with Crippen molar-refractivity contribution in [2.75, 3.05) is 50.6 Å². The van der Waals surface area contributed by atoms with Gasteiger partial charge in [-0.3, -0.25) is 9.59 Å². The molecule has 4 rings (SSSR count). The molecule has 12 nitrogen and oxygen atoms in total. The highest BCUT2D eigenvalue weighted by Crippen LogP contribution is 2.36. The Morgan fingerprint density at radius 2 is 1.60 bits per heavy atom. The number of carbonyl (C=O) groups excluding carboxylic acids is 3. The predicted molar refractivity (Wildman–Crippen MR) is 210 cm³/mol. The molecule has 3 amide bonds. The van der Waals surface area contributed by atoms with Crippen LogP contribution >= 0.6 is 0 Å².